The maximum Gasteiger partial charge on any atom is 0.338 e. The van der Waals surface area contributed by atoms with Crippen molar-refractivity contribution in [2.45, 2.75) is 19.6 Å². The molecule has 8 heteroatoms. The van der Waals surface area contributed by atoms with E-state index in [9.17, 15) is 14.0 Å². The first-order valence-electron chi connectivity index (χ1n) is 10.5. The van der Waals surface area contributed by atoms with Gasteiger partial charge in [0.2, 0.25) is 0 Å². The Hall–Kier alpha value is -3.62. The highest BCUT2D eigenvalue weighted by Gasteiger charge is 2.34. The van der Waals surface area contributed by atoms with Crippen LogP contribution in [-0.4, -0.2) is 10.5 Å². The smallest absolute Gasteiger partial charge is 0.338 e. The van der Waals surface area contributed by atoms with Crippen molar-refractivity contribution in [2.24, 2.45) is 4.99 Å². The Labute approximate surface area is 202 Å². The molecule has 1 atom stereocenters. The SMILES string of the molecule is CC1=C(C(=O)OCc2ccccc2)[C@H](c2cccs2)n2c(s/c(=C/c3ccc(F)cc3)c2=O)=N1. The van der Waals surface area contributed by atoms with Crippen LogP contribution < -0.4 is 14.9 Å². The van der Waals surface area contributed by atoms with Gasteiger partial charge in [0.1, 0.15) is 18.5 Å². The average molecular weight is 491 g/mol. The minimum absolute atomic E-state index is 0.128. The first kappa shape index (κ1) is 22.2. The Morgan fingerprint density at radius 1 is 1.12 bits per heavy atom. The van der Waals surface area contributed by atoms with Crippen LogP contribution in [0.15, 0.2) is 93.2 Å². The second-order valence-electron chi connectivity index (χ2n) is 7.71. The van der Waals surface area contributed by atoms with E-state index < -0.39 is 12.0 Å². The molecule has 170 valence electrons. The van der Waals surface area contributed by atoms with Gasteiger partial charge in [0.25, 0.3) is 5.56 Å². The van der Waals surface area contributed by atoms with E-state index in [1.807, 2.05) is 47.8 Å². The molecule has 0 bridgehead atoms. The fourth-order valence-electron chi connectivity index (χ4n) is 3.81. The van der Waals surface area contributed by atoms with E-state index in [2.05, 4.69) is 4.99 Å². The second kappa shape index (κ2) is 9.32. The number of nitrogens with zero attached hydrogens (tertiary/aromatic N) is 2. The summed E-state index contributed by atoms with van der Waals surface area (Å²) in [4.78, 5) is 32.7. The van der Waals surface area contributed by atoms with Gasteiger partial charge in [-0.15, -0.1) is 11.3 Å². The average Bonchev–Trinajstić information content (AvgIpc) is 3.47. The van der Waals surface area contributed by atoms with Crippen molar-refractivity contribution >= 4 is 34.7 Å². The molecule has 0 spiro atoms. The zero-order chi connectivity index (χ0) is 23.7. The molecule has 0 saturated heterocycles. The predicted molar refractivity (Wildman–Crippen MR) is 131 cm³/mol. The summed E-state index contributed by atoms with van der Waals surface area (Å²) in [6.07, 6.45) is 1.71. The first-order chi connectivity index (χ1) is 16.5. The van der Waals surface area contributed by atoms with Gasteiger partial charge in [-0.25, -0.2) is 14.2 Å². The van der Waals surface area contributed by atoms with Crippen LogP contribution in [0, 0.1) is 5.82 Å². The Morgan fingerprint density at radius 3 is 2.59 bits per heavy atom. The van der Waals surface area contributed by atoms with E-state index in [-0.39, 0.29) is 18.0 Å². The monoisotopic (exact) mass is 490 g/mol. The van der Waals surface area contributed by atoms with Crippen molar-refractivity contribution < 1.29 is 13.9 Å². The molecule has 3 heterocycles. The third-order valence-corrected chi connectivity index (χ3v) is 7.34. The third kappa shape index (κ3) is 4.30. The van der Waals surface area contributed by atoms with Crippen molar-refractivity contribution in [3.05, 3.63) is 125 Å². The standard InChI is InChI=1S/C26H19FN2O3S2/c1-16-22(25(31)32-15-18-6-3-2-4-7-18)23(20-8-5-13-33-20)29-24(30)21(34-26(29)28-16)14-17-9-11-19(27)12-10-17/h2-14,23H,15H2,1H3/b21-14+/t23-/m0/s1. The molecule has 0 unspecified atom stereocenters. The Bertz CT molecular complexity index is 1550. The number of ether oxygens (including phenoxy) is 1. The molecular weight excluding hydrogens is 471 g/mol. The lowest BCUT2D eigenvalue weighted by Gasteiger charge is -2.23. The number of esters is 1. The van der Waals surface area contributed by atoms with Crippen LogP contribution >= 0.6 is 22.7 Å². The minimum Gasteiger partial charge on any atom is -0.457 e. The van der Waals surface area contributed by atoms with E-state index in [1.165, 1.54) is 34.8 Å². The quantitative estimate of drug-likeness (QED) is 0.395. The zero-order valence-corrected chi connectivity index (χ0v) is 19.7. The van der Waals surface area contributed by atoms with Gasteiger partial charge in [-0.05, 0) is 47.7 Å². The molecular formula is C26H19FN2O3S2. The fraction of sp³-hybridized carbons (Fsp3) is 0.115. The molecule has 1 aliphatic heterocycles. The van der Waals surface area contributed by atoms with Crippen molar-refractivity contribution in [3.8, 4) is 0 Å². The summed E-state index contributed by atoms with van der Waals surface area (Å²) >= 11 is 2.71. The number of thiophene rings is 1. The molecule has 4 aromatic rings. The number of rotatable bonds is 5. The second-order valence-corrected chi connectivity index (χ2v) is 9.70. The van der Waals surface area contributed by atoms with Crippen LogP contribution in [0.5, 0.6) is 0 Å². The molecule has 5 rings (SSSR count). The maximum atomic E-state index is 13.5. The number of thiazole rings is 1. The third-order valence-electron chi connectivity index (χ3n) is 5.43. The summed E-state index contributed by atoms with van der Waals surface area (Å²) in [6, 6.07) is 18.5. The van der Waals surface area contributed by atoms with E-state index in [0.717, 1.165) is 10.4 Å². The van der Waals surface area contributed by atoms with Gasteiger partial charge in [0, 0.05) is 4.88 Å². The summed E-state index contributed by atoms with van der Waals surface area (Å²) in [5.74, 6) is -0.845. The van der Waals surface area contributed by atoms with E-state index in [4.69, 9.17) is 4.74 Å². The van der Waals surface area contributed by atoms with Crippen molar-refractivity contribution in [3.63, 3.8) is 0 Å². The number of allylic oxidation sites excluding steroid dienone is 1. The summed E-state index contributed by atoms with van der Waals surface area (Å²) < 4.78 is 20.9. The molecule has 0 radical (unpaired) electrons. The van der Waals surface area contributed by atoms with Gasteiger partial charge >= 0.3 is 5.97 Å². The largest absolute Gasteiger partial charge is 0.457 e. The van der Waals surface area contributed by atoms with Gasteiger partial charge in [-0.2, -0.15) is 0 Å². The summed E-state index contributed by atoms with van der Waals surface area (Å²) in [6.45, 7) is 1.89. The van der Waals surface area contributed by atoms with Crippen molar-refractivity contribution in [1.29, 1.82) is 0 Å². The fourth-order valence-corrected chi connectivity index (χ4v) is 5.68. The summed E-state index contributed by atoms with van der Waals surface area (Å²) in [5.41, 5.74) is 2.19. The normalized spacial score (nSPS) is 15.7. The maximum absolute atomic E-state index is 13.5. The lowest BCUT2D eigenvalue weighted by atomic mass is 10.0. The van der Waals surface area contributed by atoms with Crippen molar-refractivity contribution in [2.75, 3.05) is 0 Å². The highest BCUT2D eigenvalue weighted by molar-refractivity contribution is 7.10. The lowest BCUT2D eigenvalue weighted by molar-refractivity contribution is -0.140. The topological polar surface area (TPSA) is 60.7 Å². The van der Waals surface area contributed by atoms with Crippen LogP contribution in [0.2, 0.25) is 0 Å². The van der Waals surface area contributed by atoms with E-state index in [1.54, 1.807) is 29.7 Å². The molecule has 34 heavy (non-hydrogen) atoms. The van der Waals surface area contributed by atoms with Gasteiger partial charge < -0.3 is 4.74 Å². The molecule has 0 amide bonds. The molecule has 0 fully saturated rings. The Morgan fingerprint density at radius 2 is 1.88 bits per heavy atom. The van der Waals surface area contributed by atoms with Crippen LogP contribution in [0.1, 0.15) is 29.0 Å². The number of benzene rings is 2. The highest BCUT2D eigenvalue weighted by atomic mass is 32.1. The molecule has 5 nitrogen and oxygen atoms in total. The molecule has 1 aliphatic rings. The summed E-state index contributed by atoms with van der Waals surface area (Å²) in [7, 11) is 0. The number of hydrogen-bond acceptors (Lipinski definition) is 6. The number of carbonyl (C=O) groups is 1. The number of fused-ring (bicyclic) bond motifs is 1. The lowest BCUT2D eigenvalue weighted by Crippen LogP contribution is -2.39. The van der Waals surface area contributed by atoms with Gasteiger partial charge in [-0.1, -0.05) is 59.9 Å². The van der Waals surface area contributed by atoms with E-state index in [0.29, 0.717) is 26.2 Å². The molecule has 0 saturated carbocycles. The summed E-state index contributed by atoms with van der Waals surface area (Å²) in [5, 5.41) is 1.91. The van der Waals surface area contributed by atoms with E-state index >= 15 is 0 Å². The molecule has 0 aliphatic carbocycles. The highest BCUT2D eigenvalue weighted by Crippen LogP contribution is 2.33. The Balaban J connectivity index is 1.58. The molecule has 0 N–H and O–H groups in total. The number of hydrogen-bond donors (Lipinski definition) is 0. The van der Waals surface area contributed by atoms with Crippen LogP contribution in [-0.2, 0) is 16.1 Å². The number of carbonyl (C=O) groups excluding carboxylic acids is 1. The van der Waals surface area contributed by atoms with Gasteiger partial charge in [-0.3, -0.25) is 9.36 Å². The van der Waals surface area contributed by atoms with Crippen LogP contribution in [0.4, 0.5) is 4.39 Å². The molecule has 2 aromatic carbocycles. The van der Waals surface area contributed by atoms with Crippen LogP contribution in [0.3, 0.4) is 0 Å². The van der Waals surface area contributed by atoms with Gasteiger partial charge in [0.15, 0.2) is 4.80 Å². The van der Waals surface area contributed by atoms with Crippen LogP contribution in [0.25, 0.3) is 6.08 Å². The predicted octanol–water partition coefficient (Wildman–Crippen LogP) is 4.18. The number of halogens is 1. The zero-order valence-electron chi connectivity index (χ0n) is 18.1. The van der Waals surface area contributed by atoms with Gasteiger partial charge in [0.05, 0.1) is 15.8 Å². The first-order valence-corrected chi connectivity index (χ1v) is 12.2. The minimum atomic E-state index is -0.630. The van der Waals surface area contributed by atoms with Crippen molar-refractivity contribution in [1.82, 2.24) is 4.57 Å². The molecule has 2 aromatic heterocycles. The Kier molecular flexibility index (Phi) is 6.08. The number of aromatic nitrogens is 1.